The van der Waals surface area contributed by atoms with Crippen molar-refractivity contribution in [3.8, 4) is 11.5 Å². The fourth-order valence-corrected chi connectivity index (χ4v) is 1.85. The van der Waals surface area contributed by atoms with E-state index in [1.165, 1.54) is 0 Å². The summed E-state index contributed by atoms with van der Waals surface area (Å²) in [5.74, 6) is 1.53. The molecule has 0 spiro atoms. The number of hydrogen-bond acceptors (Lipinski definition) is 5. The summed E-state index contributed by atoms with van der Waals surface area (Å²) in [5.41, 5.74) is 1.82. The van der Waals surface area contributed by atoms with Gasteiger partial charge in [0.1, 0.15) is 0 Å². The highest BCUT2D eigenvalue weighted by Gasteiger charge is 2.23. The first-order valence-corrected chi connectivity index (χ1v) is 5.67. The standard InChI is InChI=1S/C12H13N3O2/c1-8-2-3-9(6-13-8)12-14-11(15-17-12)10-4-5-16-7-10/h2-3,6,10H,4-5,7H2,1H3. The number of aryl methyl sites for hydroxylation is 1. The van der Waals surface area contributed by atoms with Crippen molar-refractivity contribution in [2.24, 2.45) is 0 Å². The zero-order valence-electron chi connectivity index (χ0n) is 9.59. The van der Waals surface area contributed by atoms with Gasteiger partial charge in [-0.15, -0.1) is 0 Å². The second kappa shape index (κ2) is 4.25. The number of aromatic nitrogens is 3. The molecule has 17 heavy (non-hydrogen) atoms. The monoisotopic (exact) mass is 231 g/mol. The van der Waals surface area contributed by atoms with Gasteiger partial charge in [-0.2, -0.15) is 4.98 Å². The smallest absolute Gasteiger partial charge is 0.259 e. The van der Waals surface area contributed by atoms with E-state index in [1.54, 1.807) is 6.20 Å². The Hall–Kier alpha value is -1.75. The zero-order valence-corrected chi connectivity index (χ0v) is 9.59. The third-order valence-corrected chi connectivity index (χ3v) is 2.89. The first-order chi connectivity index (χ1) is 8.33. The van der Waals surface area contributed by atoms with Crippen LogP contribution in [0.4, 0.5) is 0 Å². The van der Waals surface area contributed by atoms with Gasteiger partial charge in [-0.1, -0.05) is 5.16 Å². The van der Waals surface area contributed by atoms with E-state index < -0.39 is 0 Å². The van der Waals surface area contributed by atoms with E-state index in [0.717, 1.165) is 30.1 Å². The third-order valence-electron chi connectivity index (χ3n) is 2.89. The molecule has 5 heteroatoms. The first-order valence-electron chi connectivity index (χ1n) is 5.67. The maximum atomic E-state index is 5.31. The average Bonchev–Trinajstić information content (AvgIpc) is 3.00. The second-order valence-electron chi connectivity index (χ2n) is 4.21. The molecule has 2 aromatic heterocycles. The van der Waals surface area contributed by atoms with Crippen LogP contribution in [0.5, 0.6) is 0 Å². The highest BCUT2D eigenvalue weighted by molar-refractivity contribution is 5.50. The molecule has 1 aliphatic heterocycles. The molecular formula is C12H13N3O2. The summed E-state index contributed by atoms with van der Waals surface area (Å²) in [6, 6.07) is 3.86. The Balaban J connectivity index is 1.86. The van der Waals surface area contributed by atoms with Crippen molar-refractivity contribution in [2.45, 2.75) is 19.3 Å². The van der Waals surface area contributed by atoms with Crippen molar-refractivity contribution >= 4 is 0 Å². The van der Waals surface area contributed by atoms with Gasteiger partial charge in [0.15, 0.2) is 5.82 Å². The van der Waals surface area contributed by atoms with Gasteiger partial charge < -0.3 is 9.26 Å². The van der Waals surface area contributed by atoms with E-state index in [1.807, 2.05) is 19.1 Å². The molecule has 1 aliphatic rings. The number of rotatable bonds is 2. The van der Waals surface area contributed by atoms with Gasteiger partial charge in [0.2, 0.25) is 0 Å². The second-order valence-corrected chi connectivity index (χ2v) is 4.21. The number of ether oxygens (including phenoxy) is 1. The summed E-state index contributed by atoms with van der Waals surface area (Å²) in [6.45, 7) is 3.41. The molecule has 0 aliphatic carbocycles. The predicted octanol–water partition coefficient (Wildman–Crippen LogP) is 1.94. The van der Waals surface area contributed by atoms with Gasteiger partial charge in [0.05, 0.1) is 12.2 Å². The van der Waals surface area contributed by atoms with Crippen molar-refractivity contribution in [3.05, 3.63) is 29.8 Å². The van der Waals surface area contributed by atoms with Gasteiger partial charge in [0, 0.05) is 24.4 Å². The highest BCUT2D eigenvalue weighted by Crippen LogP contribution is 2.25. The molecule has 3 heterocycles. The highest BCUT2D eigenvalue weighted by atomic mass is 16.5. The van der Waals surface area contributed by atoms with E-state index in [-0.39, 0.29) is 5.92 Å². The van der Waals surface area contributed by atoms with Crippen LogP contribution in [-0.4, -0.2) is 28.3 Å². The summed E-state index contributed by atoms with van der Waals surface area (Å²) in [5, 5.41) is 4.00. The molecule has 0 N–H and O–H groups in total. The molecule has 0 amide bonds. The van der Waals surface area contributed by atoms with Crippen LogP contribution in [0.2, 0.25) is 0 Å². The summed E-state index contributed by atoms with van der Waals surface area (Å²) in [6.07, 6.45) is 2.71. The van der Waals surface area contributed by atoms with E-state index in [9.17, 15) is 0 Å². The molecule has 1 fully saturated rings. The molecule has 3 rings (SSSR count). The Morgan fingerprint density at radius 1 is 1.35 bits per heavy atom. The quantitative estimate of drug-likeness (QED) is 0.790. The predicted molar refractivity (Wildman–Crippen MR) is 60.4 cm³/mol. The minimum atomic E-state index is 0.269. The lowest BCUT2D eigenvalue weighted by Gasteiger charge is -1.97. The van der Waals surface area contributed by atoms with Crippen LogP contribution in [0.25, 0.3) is 11.5 Å². The van der Waals surface area contributed by atoms with Crippen molar-refractivity contribution in [1.29, 1.82) is 0 Å². The lowest BCUT2D eigenvalue weighted by molar-refractivity contribution is 0.192. The minimum absolute atomic E-state index is 0.269. The van der Waals surface area contributed by atoms with Crippen LogP contribution in [0, 0.1) is 6.92 Å². The van der Waals surface area contributed by atoms with Crippen LogP contribution < -0.4 is 0 Å². The Kier molecular flexibility index (Phi) is 2.60. The fraction of sp³-hybridized carbons (Fsp3) is 0.417. The topological polar surface area (TPSA) is 61.0 Å². The molecule has 5 nitrogen and oxygen atoms in total. The average molecular weight is 231 g/mol. The Morgan fingerprint density at radius 3 is 3.00 bits per heavy atom. The van der Waals surface area contributed by atoms with Crippen LogP contribution in [0.1, 0.15) is 23.9 Å². The Bertz CT molecular complexity index is 501. The van der Waals surface area contributed by atoms with Crippen molar-refractivity contribution < 1.29 is 9.26 Å². The first kappa shape index (κ1) is 10.4. The summed E-state index contributed by atoms with van der Waals surface area (Å²) >= 11 is 0. The molecule has 1 unspecified atom stereocenters. The molecule has 0 saturated carbocycles. The Labute approximate surface area is 98.8 Å². The third kappa shape index (κ3) is 2.06. The number of hydrogen-bond donors (Lipinski definition) is 0. The summed E-state index contributed by atoms with van der Waals surface area (Å²) < 4.78 is 10.6. The fourth-order valence-electron chi connectivity index (χ4n) is 1.85. The lowest BCUT2D eigenvalue weighted by atomic mass is 10.1. The molecule has 2 aromatic rings. The maximum absolute atomic E-state index is 5.31. The zero-order chi connectivity index (χ0) is 11.7. The molecule has 0 aromatic carbocycles. The van der Waals surface area contributed by atoms with Crippen molar-refractivity contribution in [3.63, 3.8) is 0 Å². The molecule has 0 bridgehead atoms. The SMILES string of the molecule is Cc1ccc(-c2nc(C3CCOC3)no2)cn1. The number of nitrogens with zero attached hydrogens (tertiary/aromatic N) is 3. The maximum Gasteiger partial charge on any atom is 0.259 e. The van der Waals surface area contributed by atoms with Crippen LogP contribution >= 0.6 is 0 Å². The van der Waals surface area contributed by atoms with Crippen LogP contribution in [0.3, 0.4) is 0 Å². The van der Waals surface area contributed by atoms with Gasteiger partial charge >= 0.3 is 0 Å². The normalized spacial score (nSPS) is 19.7. The van der Waals surface area contributed by atoms with Gasteiger partial charge in [-0.05, 0) is 25.5 Å². The van der Waals surface area contributed by atoms with Crippen molar-refractivity contribution in [2.75, 3.05) is 13.2 Å². The molecule has 1 atom stereocenters. The molecule has 0 radical (unpaired) electrons. The summed E-state index contributed by atoms with van der Waals surface area (Å²) in [4.78, 5) is 8.60. The van der Waals surface area contributed by atoms with E-state index in [2.05, 4.69) is 15.1 Å². The molecule has 88 valence electrons. The molecular weight excluding hydrogens is 218 g/mol. The Morgan fingerprint density at radius 2 is 2.29 bits per heavy atom. The van der Waals surface area contributed by atoms with E-state index >= 15 is 0 Å². The van der Waals surface area contributed by atoms with Crippen LogP contribution in [0.15, 0.2) is 22.9 Å². The van der Waals surface area contributed by atoms with Gasteiger partial charge in [0.25, 0.3) is 5.89 Å². The minimum Gasteiger partial charge on any atom is -0.381 e. The van der Waals surface area contributed by atoms with Crippen molar-refractivity contribution in [1.82, 2.24) is 15.1 Å². The molecule has 1 saturated heterocycles. The van der Waals surface area contributed by atoms with Gasteiger partial charge in [-0.25, -0.2) is 0 Å². The largest absolute Gasteiger partial charge is 0.381 e. The van der Waals surface area contributed by atoms with E-state index in [4.69, 9.17) is 9.26 Å². The summed E-state index contributed by atoms with van der Waals surface area (Å²) in [7, 11) is 0. The van der Waals surface area contributed by atoms with Crippen LogP contribution in [-0.2, 0) is 4.74 Å². The van der Waals surface area contributed by atoms with E-state index in [0.29, 0.717) is 12.5 Å². The lowest BCUT2D eigenvalue weighted by Crippen LogP contribution is -1.99. The van der Waals surface area contributed by atoms with Gasteiger partial charge in [-0.3, -0.25) is 4.98 Å². The number of pyridine rings is 1.